The number of nitrogens with one attached hydrogen (secondary N) is 2. The number of nitrogens with zero attached hydrogens (tertiary/aromatic N) is 3. The number of benzene rings is 1. The van der Waals surface area contributed by atoms with E-state index in [2.05, 4.69) is 40.4 Å². The van der Waals surface area contributed by atoms with Crippen LogP contribution < -0.4 is 10.6 Å². The molecule has 0 aromatic heterocycles. The first-order valence-corrected chi connectivity index (χ1v) is 9.45. The lowest BCUT2D eigenvalue weighted by atomic mass is 9.99. The number of likely N-dealkylation sites (tertiary alicyclic amines) is 1. The highest BCUT2D eigenvalue weighted by atomic mass is 127. The van der Waals surface area contributed by atoms with Crippen LogP contribution in [0.3, 0.4) is 0 Å². The molecule has 0 atom stereocenters. The zero-order valence-corrected chi connectivity index (χ0v) is 18.3. The maximum atomic E-state index is 8.97. The number of guanidine groups is 1. The van der Waals surface area contributed by atoms with Crippen molar-refractivity contribution in [2.75, 3.05) is 32.7 Å². The lowest BCUT2D eigenvalue weighted by Crippen LogP contribution is -2.39. The molecule has 2 N–H and O–H groups in total. The van der Waals surface area contributed by atoms with Gasteiger partial charge in [0.2, 0.25) is 0 Å². The second-order valence-electron chi connectivity index (χ2n) is 6.81. The van der Waals surface area contributed by atoms with Crippen molar-refractivity contribution in [3.63, 3.8) is 0 Å². The Morgan fingerprint density at radius 3 is 2.77 bits per heavy atom. The molecule has 0 saturated carbocycles. The minimum Gasteiger partial charge on any atom is -0.357 e. The fourth-order valence-electron chi connectivity index (χ4n) is 3.05. The van der Waals surface area contributed by atoms with Crippen LogP contribution in [0.25, 0.3) is 0 Å². The van der Waals surface area contributed by atoms with Gasteiger partial charge < -0.3 is 15.5 Å². The molecule has 5 nitrogen and oxygen atoms in total. The van der Waals surface area contributed by atoms with E-state index in [-0.39, 0.29) is 24.0 Å². The lowest BCUT2D eigenvalue weighted by Gasteiger charge is -2.30. The van der Waals surface area contributed by atoms with Gasteiger partial charge in [0, 0.05) is 13.1 Å². The summed E-state index contributed by atoms with van der Waals surface area (Å²) in [6, 6.07) is 9.79. The summed E-state index contributed by atoms with van der Waals surface area (Å²) in [5.74, 6) is 1.73. The van der Waals surface area contributed by atoms with Crippen molar-refractivity contribution >= 4 is 29.9 Å². The predicted octanol–water partition coefficient (Wildman–Crippen LogP) is 3.35. The van der Waals surface area contributed by atoms with Crippen LogP contribution in [0.15, 0.2) is 29.3 Å². The van der Waals surface area contributed by atoms with Crippen LogP contribution in [-0.2, 0) is 6.54 Å². The minimum absolute atomic E-state index is 0. The van der Waals surface area contributed by atoms with Gasteiger partial charge >= 0.3 is 0 Å². The van der Waals surface area contributed by atoms with Crippen molar-refractivity contribution in [1.82, 2.24) is 15.5 Å². The molecule has 2 rings (SSSR count). The molecule has 1 fully saturated rings. The monoisotopic (exact) mass is 469 g/mol. The quantitative estimate of drug-likeness (QED) is 0.278. The van der Waals surface area contributed by atoms with Crippen molar-refractivity contribution in [3.8, 4) is 6.07 Å². The molecule has 0 spiro atoms. The Labute approximate surface area is 175 Å². The topological polar surface area (TPSA) is 63.5 Å². The number of hydrogen-bond donors (Lipinski definition) is 2. The molecule has 0 bridgehead atoms. The first kappa shape index (κ1) is 22.7. The number of halogens is 1. The van der Waals surface area contributed by atoms with Crippen LogP contribution >= 0.6 is 24.0 Å². The summed E-state index contributed by atoms with van der Waals surface area (Å²) in [5, 5.41) is 15.7. The minimum atomic E-state index is 0. The van der Waals surface area contributed by atoms with E-state index in [0.717, 1.165) is 43.5 Å². The van der Waals surface area contributed by atoms with E-state index in [9.17, 15) is 0 Å². The van der Waals surface area contributed by atoms with E-state index in [0.29, 0.717) is 12.1 Å². The van der Waals surface area contributed by atoms with E-state index in [1.54, 1.807) is 0 Å². The van der Waals surface area contributed by atoms with Gasteiger partial charge in [-0.15, -0.1) is 24.0 Å². The Balaban J connectivity index is 0.00000338. The van der Waals surface area contributed by atoms with Crippen LogP contribution in [0.2, 0.25) is 0 Å². The van der Waals surface area contributed by atoms with Gasteiger partial charge in [0.25, 0.3) is 0 Å². The van der Waals surface area contributed by atoms with E-state index < -0.39 is 0 Å². The highest BCUT2D eigenvalue weighted by Gasteiger charge is 2.14. The van der Waals surface area contributed by atoms with Gasteiger partial charge in [-0.25, -0.2) is 4.99 Å². The van der Waals surface area contributed by atoms with Gasteiger partial charge in [0.1, 0.15) is 0 Å². The van der Waals surface area contributed by atoms with Crippen LogP contribution in [0.5, 0.6) is 0 Å². The third-order valence-electron chi connectivity index (χ3n) is 4.64. The average molecular weight is 469 g/mol. The zero-order chi connectivity index (χ0) is 17.9. The molecule has 0 radical (unpaired) electrons. The summed E-state index contributed by atoms with van der Waals surface area (Å²) in [6.45, 7) is 10.4. The lowest BCUT2D eigenvalue weighted by molar-refractivity contribution is 0.191. The summed E-state index contributed by atoms with van der Waals surface area (Å²) in [5.41, 5.74) is 1.74. The maximum absolute atomic E-state index is 8.97. The highest BCUT2D eigenvalue weighted by Crippen LogP contribution is 2.15. The van der Waals surface area contributed by atoms with Crippen molar-refractivity contribution < 1.29 is 0 Å². The number of nitriles is 1. The molecule has 0 aliphatic carbocycles. The predicted molar refractivity (Wildman–Crippen MR) is 119 cm³/mol. The summed E-state index contributed by atoms with van der Waals surface area (Å²) >= 11 is 0. The molecule has 0 amide bonds. The Morgan fingerprint density at radius 1 is 1.31 bits per heavy atom. The molecular weight excluding hydrogens is 437 g/mol. The molecule has 1 aliphatic rings. The van der Waals surface area contributed by atoms with Crippen LogP contribution in [0.4, 0.5) is 0 Å². The van der Waals surface area contributed by atoms with Gasteiger partial charge in [0.15, 0.2) is 5.96 Å². The van der Waals surface area contributed by atoms with Crippen LogP contribution in [0.1, 0.15) is 44.2 Å². The van der Waals surface area contributed by atoms with Crippen molar-refractivity contribution in [2.45, 2.75) is 39.7 Å². The number of piperidine rings is 1. The smallest absolute Gasteiger partial charge is 0.191 e. The zero-order valence-electron chi connectivity index (χ0n) is 16.0. The van der Waals surface area contributed by atoms with Gasteiger partial charge in [-0.1, -0.05) is 19.1 Å². The summed E-state index contributed by atoms with van der Waals surface area (Å²) in [6.07, 6.45) is 3.79. The summed E-state index contributed by atoms with van der Waals surface area (Å²) in [4.78, 5) is 7.19. The second kappa shape index (κ2) is 12.9. The average Bonchev–Trinajstić information content (AvgIpc) is 2.64. The molecule has 6 heteroatoms. The van der Waals surface area contributed by atoms with Crippen LogP contribution in [-0.4, -0.2) is 43.6 Å². The molecule has 26 heavy (non-hydrogen) atoms. The molecular formula is C20H32IN5. The number of aliphatic imine (C=N–C) groups is 1. The van der Waals surface area contributed by atoms with Crippen molar-refractivity contribution in [1.29, 1.82) is 5.26 Å². The standard InChI is InChI=1S/C20H31N5.HI/c1-3-22-20(24-16-19-7-4-6-18(14-19)15-21)23-10-5-11-25-12-8-17(2)9-13-25;/h4,6-7,14,17H,3,5,8-13,16H2,1-2H3,(H2,22,23,24);1H. The van der Waals surface area contributed by atoms with Gasteiger partial charge in [-0.2, -0.15) is 5.26 Å². The fourth-order valence-corrected chi connectivity index (χ4v) is 3.05. The van der Waals surface area contributed by atoms with Gasteiger partial charge in [-0.3, -0.25) is 0 Å². The summed E-state index contributed by atoms with van der Waals surface area (Å²) in [7, 11) is 0. The van der Waals surface area contributed by atoms with E-state index in [4.69, 9.17) is 5.26 Å². The Morgan fingerprint density at radius 2 is 2.08 bits per heavy atom. The largest absolute Gasteiger partial charge is 0.357 e. The number of hydrogen-bond acceptors (Lipinski definition) is 3. The molecule has 1 heterocycles. The van der Waals surface area contributed by atoms with Crippen molar-refractivity contribution in [3.05, 3.63) is 35.4 Å². The number of rotatable bonds is 7. The third-order valence-corrected chi connectivity index (χ3v) is 4.64. The fraction of sp³-hybridized carbons (Fsp3) is 0.600. The summed E-state index contributed by atoms with van der Waals surface area (Å²) < 4.78 is 0. The van der Waals surface area contributed by atoms with Crippen LogP contribution in [0, 0.1) is 17.2 Å². The first-order valence-electron chi connectivity index (χ1n) is 9.45. The SMILES string of the molecule is CCNC(=NCc1cccc(C#N)c1)NCCCN1CCC(C)CC1.I. The van der Waals surface area contributed by atoms with E-state index in [1.165, 1.54) is 25.9 Å². The maximum Gasteiger partial charge on any atom is 0.191 e. The third kappa shape index (κ3) is 8.37. The molecule has 144 valence electrons. The molecule has 1 aromatic carbocycles. The molecule has 1 aliphatic heterocycles. The molecule has 1 aromatic rings. The van der Waals surface area contributed by atoms with Gasteiger partial charge in [-0.05, 0) is 69.4 Å². The Hall–Kier alpha value is -1.33. The Kier molecular flexibility index (Phi) is 11.3. The van der Waals surface area contributed by atoms with Crippen molar-refractivity contribution in [2.24, 2.45) is 10.9 Å². The highest BCUT2D eigenvalue weighted by molar-refractivity contribution is 14.0. The van der Waals surface area contributed by atoms with Gasteiger partial charge in [0.05, 0.1) is 18.2 Å². The normalized spacial score (nSPS) is 15.8. The first-order chi connectivity index (χ1) is 12.2. The molecule has 0 unspecified atom stereocenters. The Bertz CT molecular complexity index is 588. The molecule has 1 saturated heterocycles. The van der Waals surface area contributed by atoms with E-state index in [1.807, 2.05) is 24.3 Å². The van der Waals surface area contributed by atoms with E-state index >= 15 is 0 Å². The second-order valence-corrected chi connectivity index (χ2v) is 6.81.